The maximum atomic E-state index is 14.1. The summed E-state index contributed by atoms with van der Waals surface area (Å²) in [5.41, 5.74) is 2.64. The molecule has 6 heteroatoms. The second kappa shape index (κ2) is 13.3. The molecule has 37 heavy (non-hydrogen) atoms. The van der Waals surface area contributed by atoms with Gasteiger partial charge in [-0.3, -0.25) is 0 Å². The minimum Gasteiger partial charge on any atom is -0.403 e. The van der Waals surface area contributed by atoms with Crippen molar-refractivity contribution in [3.05, 3.63) is 53.8 Å². The van der Waals surface area contributed by atoms with E-state index in [1.807, 2.05) is 12.1 Å². The molecule has 1 saturated heterocycles. The third kappa shape index (κ3) is 8.59. The van der Waals surface area contributed by atoms with Gasteiger partial charge in [-0.25, -0.2) is 4.39 Å². The van der Waals surface area contributed by atoms with Gasteiger partial charge in [-0.1, -0.05) is 100 Å². The van der Waals surface area contributed by atoms with E-state index in [-0.39, 0.29) is 0 Å². The van der Waals surface area contributed by atoms with Crippen molar-refractivity contribution in [1.29, 1.82) is 0 Å². The van der Waals surface area contributed by atoms with Crippen LogP contribution in [-0.2, 0) is 0 Å². The number of alkyl halides is 3. The minimum absolute atomic E-state index is 0.401. The van der Waals surface area contributed by atoms with Gasteiger partial charge >= 0.3 is 6.36 Å². The number of hydrogen-bond acceptors (Lipinski definition) is 1. The predicted octanol–water partition coefficient (Wildman–Crippen LogP) is 10.3. The van der Waals surface area contributed by atoms with E-state index < -0.39 is 26.7 Å². The molecule has 1 heterocycles. The van der Waals surface area contributed by atoms with Crippen LogP contribution in [0.5, 0.6) is 5.75 Å². The quantitative estimate of drug-likeness (QED) is 0.167. The lowest BCUT2D eigenvalue weighted by atomic mass is 9.76. The smallest absolute Gasteiger partial charge is 0.403 e. The predicted molar refractivity (Wildman–Crippen MR) is 146 cm³/mol. The van der Waals surface area contributed by atoms with E-state index in [0.29, 0.717) is 11.5 Å². The molecule has 0 atom stereocenters. The fraction of sp³-hybridized carbons (Fsp3) is 0.613. The van der Waals surface area contributed by atoms with Gasteiger partial charge in [0.1, 0.15) is 0 Å². The first kappa shape index (κ1) is 28.2. The van der Waals surface area contributed by atoms with Crippen molar-refractivity contribution in [2.75, 3.05) is 0 Å². The highest BCUT2D eigenvalue weighted by molar-refractivity contribution is 6.58. The third-order valence-corrected chi connectivity index (χ3v) is 12.4. The summed E-state index contributed by atoms with van der Waals surface area (Å²) in [5, 5.41) is 0. The van der Waals surface area contributed by atoms with Crippen LogP contribution in [0.2, 0.25) is 18.1 Å². The van der Waals surface area contributed by atoms with Gasteiger partial charge in [0.25, 0.3) is 0 Å². The van der Waals surface area contributed by atoms with Crippen LogP contribution in [0.1, 0.15) is 89.0 Å². The lowest BCUT2D eigenvalue weighted by Gasteiger charge is -2.32. The van der Waals surface area contributed by atoms with E-state index in [2.05, 4.69) is 23.8 Å². The molecule has 0 N–H and O–H groups in total. The van der Waals surface area contributed by atoms with Crippen molar-refractivity contribution in [2.24, 2.45) is 11.8 Å². The molecule has 4 rings (SSSR count). The van der Waals surface area contributed by atoms with Gasteiger partial charge < -0.3 is 4.74 Å². The first-order chi connectivity index (χ1) is 17.8. The van der Waals surface area contributed by atoms with Crippen LogP contribution in [0, 0.1) is 17.7 Å². The second-order valence-electron chi connectivity index (χ2n) is 11.5. The first-order valence-electron chi connectivity index (χ1n) is 14.5. The molecule has 1 aliphatic carbocycles. The highest BCUT2D eigenvalue weighted by Crippen LogP contribution is 2.40. The number of hydrogen-bond donors (Lipinski definition) is 0. The van der Waals surface area contributed by atoms with E-state index in [9.17, 15) is 17.6 Å². The molecule has 2 aromatic rings. The van der Waals surface area contributed by atoms with Crippen LogP contribution in [0.3, 0.4) is 0 Å². The van der Waals surface area contributed by atoms with Gasteiger partial charge in [0, 0.05) is 8.80 Å². The molecule has 1 aliphatic heterocycles. The Morgan fingerprint density at radius 2 is 1.43 bits per heavy atom. The summed E-state index contributed by atoms with van der Waals surface area (Å²) in [5.74, 6) is 0.602. The molecule has 1 nitrogen and oxygen atoms in total. The Bertz CT molecular complexity index is 958. The van der Waals surface area contributed by atoms with E-state index >= 15 is 0 Å². The Balaban J connectivity index is 1.20. The number of halogens is 4. The van der Waals surface area contributed by atoms with Crippen LogP contribution in [0.25, 0.3) is 11.1 Å². The Kier molecular flexibility index (Phi) is 10.1. The number of ether oxygens (including phenoxy) is 1. The molecular weight excluding hydrogens is 492 g/mol. The lowest BCUT2D eigenvalue weighted by Crippen LogP contribution is -2.22. The molecule has 0 unspecified atom stereocenters. The molecule has 0 bridgehead atoms. The van der Waals surface area contributed by atoms with Crippen molar-refractivity contribution in [2.45, 2.75) is 108 Å². The van der Waals surface area contributed by atoms with Gasteiger partial charge in [-0.2, -0.15) is 0 Å². The van der Waals surface area contributed by atoms with Crippen LogP contribution >= 0.6 is 0 Å². The maximum Gasteiger partial charge on any atom is 0.573 e. The Morgan fingerprint density at radius 1 is 0.811 bits per heavy atom. The molecule has 0 radical (unpaired) electrons. The Labute approximate surface area is 221 Å². The molecule has 2 fully saturated rings. The largest absolute Gasteiger partial charge is 0.573 e. The van der Waals surface area contributed by atoms with Crippen molar-refractivity contribution >= 4 is 8.80 Å². The topological polar surface area (TPSA) is 9.23 Å². The normalized spacial score (nSPS) is 24.7. The van der Waals surface area contributed by atoms with Gasteiger partial charge in [-0.05, 0) is 72.3 Å². The van der Waals surface area contributed by atoms with Crippen LogP contribution in [0.4, 0.5) is 17.6 Å². The Hall–Kier alpha value is -1.82. The van der Waals surface area contributed by atoms with Crippen molar-refractivity contribution in [3.63, 3.8) is 0 Å². The van der Waals surface area contributed by atoms with Crippen molar-refractivity contribution in [3.8, 4) is 16.9 Å². The average Bonchev–Trinajstić information content (AvgIpc) is 2.89. The van der Waals surface area contributed by atoms with Crippen LogP contribution in [-0.4, -0.2) is 15.2 Å². The summed E-state index contributed by atoms with van der Waals surface area (Å²) in [4.78, 5) is 0. The van der Waals surface area contributed by atoms with Gasteiger partial charge in [-0.15, -0.1) is 13.2 Å². The van der Waals surface area contributed by atoms with Crippen molar-refractivity contribution in [1.82, 2.24) is 0 Å². The molecule has 0 amide bonds. The summed E-state index contributed by atoms with van der Waals surface area (Å²) in [6.07, 6.45) is 10.3. The van der Waals surface area contributed by atoms with E-state index in [0.717, 1.165) is 29.5 Å². The van der Waals surface area contributed by atoms with E-state index in [4.69, 9.17) is 0 Å². The zero-order valence-electron chi connectivity index (χ0n) is 22.2. The molecule has 2 aliphatic rings. The van der Waals surface area contributed by atoms with Gasteiger partial charge in [0.15, 0.2) is 11.6 Å². The summed E-state index contributed by atoms with van der Waals surface area (Å²) in [6.45, 7) is 2.30. The highest BCUT2D eigenvalue weighted by atomic mass is 28.3. The molecule has 204 valence electrons. The summed E-state index contributed by atoms with van der Waals surface area (Å²) in [6, 6.07) is 16.5. The fourth-order valence-electron chi connectivity index (χ4n) is 6.58. The first-order valence-corrected chi connectivity index (χ1v) is 16.9. The number of rotatable bonds is 10. The van der Waals surface area contributed by atoms with Crippen LogP contribution < -0.4 is 4.74 Å². The summed E-state index contributed by atoms with van der Waals surface area (Å²) < 4.78 is 55.0. The molecule has 1 saturated carbocycles. The Morgan fingerprint density at radius 3 is 2.03 bits per heavy atom. The fourth-order valence-corrected chi connectivity index (χ4v) is 10.2. The zero-order valence-corrected chi connectivity index (χ0v) is 23.3. The summed E-state index contributed by atoms with van der Waals surface area (Å²) >= 11 is 0. The third-order valence-electron chi connectivity index (χ3n) is 8.89. The second-order valence-corrected chi connectivity index (χ2v) is 15.0. The van der Waals surface area contributed by atoms with E-state index in [1.165, 1.54) is 82.3 Å². The van der Waals surface area contributed by atoms with E-state index in [1.54, 1.807) is 18.1 Å². The van der Waals surface area contributed by atoms with Crippen LogP contribution in [0.15, 0.2) is 42.5 Å². The number of unbranched alkanes of at least 4 members (excludes halogenated alkanes) is 2. The minimum atomic E-state index is -4.91. The van der Waals surface area contributed by atoms with Gasteiger partial charge in [0.2, 0.25) is 0 Å². The highest BCUT2D eigenvalue weighted by Gasteiger charge is 2.32. The maximum absolute atomic E-state index is 14.1. The SMILES string of the molecule is CCCCC[Si@H]1CC[C@H](CC[C@H]2CC[C@H](c3ccc(-c4ccc(OC(F)(F)F)c(F)c4)cc3)CC2)CC1. The van der Waals surface area contributed by atoms with Crippen molar-refractivity contribution < 1.29 is 22.3 Å². The van der Waals surface area contributed by atoms with Gasteiger partial charge in [0.05, 0.1) is 0 Å². The number of benzene rings is 2. The molecular formula is C31H42F4OSi. The summed E-state index contributed by atoms with van der Waals surface area (Å²) in [7, 11) is -0.401. The molecule has 0 spiro atoms. The standard InChI is InChI=1S/C31H42F4OSi/c1-2-3-4-19-37-20-17-24(18-21-37)6-5-23-7-9-25(10-8-23)26-11-13-27(14-12-26)28-15-16-30(29(32)22-28)36-31(33,34)35/h11-16,22-25,37H,2-10,17-21H2,1H3/t23-,24-,25-,37-. The molecule has 2 aromatic carbocycles. The average molecular weight is 535 g/mol. The lowest BCUT2D eigenvalue weighted by molar-refractivity contribution is -0.275. The zero-order chi connectivity index (χ0) is 26.3. The monoisotopic (exact) mass is 534 g/mol. The molecule has 0 aromatic heterocycles.